The molecule has 4 heteroatoms. The Labute approximate surface area is 65.9 Å². The third kappa shape index (κ3) is 2.13. The molecule has 1 saturated heterocycles. The fourth-order valence-electron chi connectivity index (χ4n) is 1.39. The van der Waals surface area contributed by atoms with Crippen molar-refractivity contribution in [1.82, 2.24) is 5.32 Å². The summed E-state index contributed by atoms with van der Waals surface area (Å²) in [4.78, 5) is 0. The minimum Gasteiger partial charge on any atom is -0.395 e. The maximum Gasteiger partial charge on any atom is 0.0716 e. The van der Waals surface area contributed by atoms with Gasteiger partial charge in [-0.15, -0.1) is 0 Å². The van der Waals surface area contributed by atoms with Gasteiger partial charge in [0.25, 0.3) is 0 Å². The summed E-state index contributed by atoms with van der Waals surface area (Å²) < 4.78 is 0. The number of aliphatic hydroxyl groups excluding tert-OH is 3. The molecule has 66 valence electrons. The lowest BCUT2D eigenvalue weighted by atomic mass is 9.97. The Morgan fingerprint density at radius 3 is 2.45 bits per heavy atom. The number of rotatable bonds is 2. The molecule has 0 bridgehead atoms. The van der Waals surface area contributed by atoms with Gasteiger partial charge in [-0.2, -0.15) is 0 Å². The molecule has 1 aliphatic heterocycles. The molecule has 0 radical (unpaired) electrons. The van der Waals surface area contributed by atoms with Gasteiger partial charge in [-0.3, -0.25) is 0 Å². The van der Waals surface area contributed by atoms with Crippen molar-refractivity contribution in [2.45, 2.75) is 31.0 Å². The van der Waals surface area contributed by atoms with Crippen LogP contribution < -0.4 is 5.32 Å². The molecule has 0 aromatic heterocycles. The third-order valence-corrected chi connectivity index (χ3v) is 2.14. The van der Waals surface area contributed by atoms with Crippen molar-refractivity contribution < 1.29 is 15.3 Å². The summed E-state index contributed by atoms with van der Waals surface area (Å²) in [6, 6.07) is -0.226. The first-order chi connectivity index (χ1) is 5.27. The van der Waals surface area contributed by atoms with E-state index in [0.717, 1.165) is 6.42 Å². The van der Waals surface area contributed by atoms with Gasteiger partial charge >= 0.3 is 0 Å². The molecule has 1 aliphatic rings. The van der Waals surface area contributed by atoms with Crippen LogP contribution in [-0.4, -0.2) is 46.7 Å². The van der Waals surface area contributed by atoms with E-state index in [-0.39, 0.29) is 25.3 Å². The van der Waals surface area contributed by atoms with E-state index in [1.165, 1.54) is 0 Å². The van der Waals surface area contributed by atoms with Crippen LogP contribution in [0.2, 0.25) is 0 Å². The number of hydrogen-bond donors (Lipinski definition) is 4. The average Bonchev–Trinajstić information content (AvgIpc) is 2.05. The van der Waals surface area contributed by atoms with Crippen LogP contribution in [-0.2, 0) is 0 Å². The van der Waals surface area contributed by atoms with Crippen LogP contribution in [0.3, 0.4) is 0 Å². The van der Waals surface area contributed by atoms with Gasteiger partial charge in [0.1, 0.15) is 0 Å². The molecule has 0 aromatic carbocycles. The molecule has 0 aromatic rings. The molecule has 1 heterocycles. The fourth-order valence-corrected chi connectivity index (χ4v) is 1.39. The summed E-state index contributed by atoms with van der Waals surface area (Å²) in [6.45, 7) is 0.000880. The minimum atomic E-state index is -0.470. The second kappa shape index (κ2) is 4.01. The van der Waals surface area contributed by atoms with Crippen LogP contribution in [0.4, 0.5) is 0 Å². The lowest BCUT2D eigenvalue weighted by Gasteiger charge is -2.32. The molecular weight excluding hydrogens is 146 g/mol. The van der Waals surface area contributed by atoms with E-state index >= 15 is 0 Å². The Kier molecular flexibility index (Phi) is 3.26. The largest absolute Gasteiger partial charge is 0.395 e. The zero-order chi connectivity index (χ0) is 8.27. The highest BCUT2D eigenvalue weighted by Crippen LogP contribution is 2.12. The summed E-state index contributed by atoms with van der Waals surface area (Å²) in [7, 11) is 0. The van der Waals surface area contributed by atoms with Crippen LogP contribution >= 0.6 is 0 Å². The summed E-state index contributed by atoms with van der Waals surface area (Å²) in [5.74, 6) is 0. The first kappa shape index (κ1) is 8.93. The topological polar surface area (TPSA) is 72.7 Å². The van der Waals surface area contributed by atoms with E-state index in [9.17, 15) is 5.11 Å². The standard InChI is InChI=1S/C7H15NO3/c9-3-5-1-2-7(11)6(4-10)8-5/h5-11H,1-4H2/t5-,6+,7+/m0/s1. The number of aliphatic hydroxyl groups is 3. The van der Waals surface area contributed by atoms with E-state index in [4.69, 9.17) is 10.2 Å². The van der Waals surface area contributed by atoms with E-state index in [1.54, 1.807) is 0 Å². The highest BCUT2D eigenvalue weighted by Gasteiger charge is 2.26. The second-order valence-electron chi connectivity index (χ2n) is 2.98. The van der Waals surface area contributed by atoms with Gasteiger partial charge in [0.15, 0.2) is 0 Å². The smallest absolute Gasteiger partial charge is 0.0716 e. The van der Waals surface area contributed by atoms with Crippen molar-refractivity contribution in [3.05, 3.63) is 0 Å². The molecule has 1 rings (SSSR count). The van der Waals surface area contributed by atoms with Crippen LogP contribution in [0.1, 0.15) is 12.8 Å². The second-order valence-corrected chi connectivity index (χ2v) is 2.98. The minimum absolute atomic E-state index is 0.0375. The predicted molar refractivity (Wildman–Crippen MR) is 40.1 cm³/mol. The number of piperidine rings is 1. The van der Waals surface area contributed by atoms with Crippen molar-refractivity contribution in [1.29, 1.82) is 0 Å². The van der Waals surface area contributed by atoms with Crippen LogP contribution in [0.25, 0.3) is 0 Å². The zero-order valence-electron chi connectivity index (χ0n) is 6.40. The zero-order valence-corrected chi connectivity index (χ0v) is 6.40. The van der Waals surface area contributed by atoms with Gasteiger partial charge in [-0.05, 0) is 12.8 Å². The highest BCUT2D eigenvalue weighted by atomic mass is 16.3. The normalized spacial score (nSPS) is 39.0. The van der Waals surface area contributed by atoms with Gasteiger partial charge < -0.3 is 20.6 Å². The summed E-state index contributed by atoms with van der Waals surface area (Å²) in [6.07, 6.45) is 0.959. The lowest BCUT2D eigenvalue weighted by molar-refractivity contribution is 0.0395. The first-order valence-corrected chi connectivity index (χ1v) is 3.93. The number of hydrogen-bond acceptors (Lipinski definition) is 4. The molecule has 0 spiro atoms. The molecule has 0 amide bonds. The van der Waals surface area contributed by atoms with Gasteiger partial charge in [-0.1, -0.05) is 0 Å². The fraction of sp³-hybridized carbons (Fsp3) is 1.00. The molecule has 0 saturated carbocycles. The van der Waals surface area contributed by atoms with Crippen molar-refractivity contribution in [2.75, 3.05) is 13.2 Å². The van der Waals surface area contributed by atoms with E-state index < -0.39 is 6.10 Å². The van der Waals surface area contributed by atoms with E-state index in [1.807, 2.05) is 0 Å². The lowest BCUT2D eigenvalue weighted by Crippen LogP contribution is -2.53. The molecule has 4 N–H and O–H groups in total. The van der Waals surface area contributed by atoms with Gasteiger partial charge in [0.05, 0.1) is 25.4 Å². The summed E-state index contributed by atoms with van der Waals surface area (Å²) in [5, 5.41) is 29.8. The summed E-state index contributed by atoms with van der Waals surface area (Å²) in [5.41, 5.74) is 0. The Morgan fingerprint density at radius 2 is 1.91 bits per heavy atom. The van der Waals surface area contributed by atoms with Gasteiger partial charge in [0.2, 0.25) is 0 Å². The van der Waals surface area contributed by atoms with E-state index in [2.05, 4.69) is 5.32 Å². The quantitative estimate of drug-likeness (QED) is 0.396. The van der Waals surface area contributed by atoms with Crippen molar-refractivity contribution in [3.63, 3.8) is 0 Å². The van der Waals surface area contributed by atoms with Crippen molar-refractivity contribution >= 4 is 0 Å². The molecular formula is C7H15NO3. The Balaban J connectivity index is 2.37. The summed E-state index contributed by atoms with van der Waals surface area (Å²) >= 11 is 0. The maximum atomic E-state index is 9.28. The Bertz CT molecular complexity index is 120. The van der Waals surface area contributed by atoms with Crippen LogP contribution in [0.15, 0.2) is 0 Å². The van der Waals surface area contributed by atoms with Gasteiger partial charge in [0, 0.05) is 6.04 Å². The van der Waals surface area contributed by atoms with E-state index in [0.29, 0.717) is 6.42 Å². The molecule has 4 nitrogen and oxygen atoms in total. The molecule has 1 fully saturated rings. The molecule has 11 heavy (non-hydrogen) atoms. The first-order valence-electron chi connectivity index (χ1n) is 3.93. The highest BCUT2D eigenvalue weighted by molar-refractivity contribution is 4.85. The average molecular weight is 161 g/mol. The Morgan fingerprint density at radius 1 is 1.18 bits per heavy atom. The number of nitrogens with one attached hydrogen (secondary N) is 1. The van der Waals surface area contributed by atoms with Crippen molar-refractivity contribution in [2.24, 2.45) is 0 Å². The van der Waals surface area contributed by atoms with Crippen molar-refractivity contribution in [3.8, 4) is 0 Å². The third-order valence-electron chi connectivity index (χ3n) is 2.14. The maximum absolute atomic E-state index is 9.28. The molecule has 0 unspecified atom stereocenters. The molecule has 0 aliphatic carbocycles. The van der Waals surface area contributed by atoms with Crippen LogP contribution in [0.5, 0.6) is 0 Å². The molecule has 3 atom stereocenters. The Hall–Kier alpha value is -0.160. The van der Waals surface area contributed by atoms with Crippen LogP contribution in [0, 0.1) is 0 Å². The SMILES string of the molecule is OC[C@@H]1CC[C@@H](O)[C@@H](CO)N1. The van der Waals surface area contributed by atoms with Gasteiger partial charge in [-0.25, -0.2) is 0 Å². The monoisotopic (exact) mass is 161 g/mol. The predicted octanol–water partition coefficient (Wildman–Crippen LogP) is -1.55.